The molecule has 2 rings (SSSR count). The van der Waals surface area contributed by atoms with Crippen molar-refractivity contribution in [1.29, 1.82) is 0 Å². The van der Waals surface area contributed by atoms with Gasteiger partial charge in [-0.25, -0.2) is 0 Å². The first kappa shape index (κ1) is 8.31. The lowest BCUT2D eigenvalue weighted by Gasteiger charge is -2.00. The van der Waals surface area contributed by atoms with E-state index in [-0.39, 0.29) is 0 Å². The molecule has 0 amide bonds. The van der Waals surface area contributed by atoms with E-state index in [1.54, 1.807) is 23.3 Å². The molecule has 13 heavy (non-hydrogen) atoms. The molecule has 0 saturated heterocycles. The van der Waals surface area contributed by atoms with Crippen LogP contribution >= 0.6 is 11.6 Å². The third-order valence-corrected chi connectivity index (χ3v) is 2.04. The van der Waals surface area contributed by atoms with E-state index in [9.17, 15) is 0 Å². The molecule has 0 aliphatic carbocycles. The lowest BCUT2D eigenvalue weighted by atomic mass is 10.4. The number of aromatic nitrogens is 4. The van der Waals surface area contributed by atoms with Gasteiger partial charge in [0.25, 0.3) is 0 Å². The van der Waals surface area contributed by atoms with Crippen LogP contribution in [0.1, 0.15) is 5.69 Å². The van der Waals surface area contributed by atoms with E-state index in [2.05, 4.69) is 10.2 Å². The first-order valence-electron chi connectivity index (χ1n) is 3.90. The van der Waals surface area contributed by atoms with Crippen molar-refractivity contribution >= 4 is 11.6 Å². The van der Waals surface area contributed by atoms with Crippen molar-refractivity contribution in [2.45, 2.75) is 6.54 Å². The van der Waals surface area contributed by atoms with E-state index in [0.717, 1.165) is 5.69 Å². The second-order valence-electron chi connectivity index (χ2n) is 2.80. The van der Waals surface area contributed by atoms with Gasteiger partial charge in [-0.15, -0.1) is 0 Å². The zero-order valence-corrected chi connectivity index (χ0v) is 7.94. The number of halogens is 1. The van der Waals surface area contributed by atoms with Gasteiger partial charge in [0.2, 0.25) is 0 Å². The summed E-state index contributed by atoms with van der Waals surface area (Å²) < 4.78 is 3.59. The van der Waals surface area contributed by atoms with Gasteiger partial charge in [-0.1, -0.05) is 11.6 Å². The van der Waals surface area contributed by atoms with Gasteiger partial charge in [0.15, 0.2) is 0 Å². The van der Waals surface area contributed by atoms with Crippen LogP contribution in [-0.2, 0) is 13.6 Å². The highest BCUT2D eigenvalue weighted by Crippen LogP contribution is 2.06. The topological polar surface area (TPSA) is 35.6 Å². The van der Waals surface area contributed by atoms with E-state index in [1.165, 1.54) is 0 Å². The van der Waals surface area contributed by atoms with E-state index >= 15 is 0 Å². The van der Waals surface area contributed by atoms with Crippen molar-refractivity contribution in [1.82, 2.24) is 19.6 Å². The monoisotopic (exact) mass is 196 g/mol. The first-order chi connectivity index (χ1) is 6.25. The SMILES string of the molecule is Cn1nccc1Cn1cc(Cl)cn1. The second kappa shape index (κ2) is 3.22. The third kappa shape index (κ3) is 1.72. The summed E-state index contributed by atoms with van der Waals surface area (Å²) in [5.74, 6) is 0. The molecule has 4 nitrogen and oxygen atoms in total. The van der Waals surface area contributed by atoms with Gasteiger partial charge in [-0.3, -0.25) is 9.36 Å². The molecule has 0 saturated carbocycles. The maximum absolute atomic E-state index is 5.73. The highest BCUT2D eigenvalue weighted by Gasteiger charge is 2.00. The summed E-state index contributed by atoms with van der Waals surface area (Å²) in [4.78, 5) is 0. The fraction of sp³-hybridized carbons (Fsp3) is 0.250. The Kier molecular flexibility index (Phi) is 2.06. The fourth-order valence-corrected chi connectivity index (χ4v) is 1.30. The van der Waals surface area contributed by atoms with Gasteiger partial charge in [0.1, 0.15) is 0 Å². The molecule has 0 spiro atoms. The highest BCUT2D eigenvalue weighted by atomic mass is 35.5. The molecule has 0 aromatic carbocycles. The van der Waals surface area contributed by atoms with Crippen LogP contribution in [0.25, 0.3) is 0 Å². The lowest BCUT2D eigenvalue weighted by Crippen LogP contribution is -2.05. The maximum Gasteiger partial charge on any atom is 0.0828 e. The molecule has 2 heterocycles. The number of nitrogens with zero attached hydrogens (tertiary/aromatic N) is 4. The predicted octanol–water partition coefficient (Wildman–Crippen LogP) is 1.32. The van der Waals surface area contributed by atoms with E-state index in [1.807, 2.05) is 17.8 Å². The van der Waals surface area contributed by atoms with Crippen molar-refractivity contribution < 1.29 is 0 Å². The summed E-state index contributed by atoms with van der Waals surface area (Å²) in [5, 5.41) is 8.79. The number of aryl methyl sites for hydroxylation is 1. The van der Waals surface area contributed by atoms with Crippen molar-refractivity contribution in [2.24, 2.45) is 7.05 Å². The van der Waals surface area contributed by atoms with Gasteiger partial charge in [0.05, 0.1) is 23.5 Å². The Bertz CT molecular complexity index is 404. The smallest absolute Gasteiger partial charge is 0.0828 e. The Hall–Kier alpha value is -1.29. The zero-order valence-electron chi connectivity index (χ0n) is 7.18. The number of hydrogen-bond acceptors (Lipinski definition) is 2. The predicted molar refractivity (Wildman–Crippen MR) is 49.5 cm³/mol. The summed E-state index contributed by atoms with van der Waals surface area (Å²) in [7, 11) is 1.90. The minimum absolute atomic E-state index is 0.655. The van der Waals surface area contributed by atoms with Crippen molar-refractivity contribution in [2.75, 3.05) is 0 Å². The molecule has 0 aliphatic rings. The van der Waals surface area contributed by atoms with Gasteiger partial charge in [-0.2, -0.15) is 10.2 Å². The van der Waals surface area contributed by atoms with Gasteiger partial charge in [0, 0.05) is 19.4 Å². The van der Waals surface area contributed by atoms with Crippen LogP contribution in [-0.4, -0.2) is 19.6 Å². The van der Waals surface area contributed by atoms with Gasteiger partial charge in [-0.05, 0) is 6.07 Å². The van der Waals surface area contributed by atoms with Gasteiger partial charge >= 0.3 is 0 Å². The van der Waals surface area contributed by atoms with Crippen LogP contribution in [0.4, 0.5) is 0 Å². The fourth-order valence-electron chi connectivity index (χ4n) is 1.15. The van der Waals surface area contributed by atoms with E-state index in [4.69, 9.17) is 11.6 Å². The molecule has 0 radical (unpaired) electrons. The quantitative estimate of drug-likeness (QED) is 0.726. The molecule has 0 unspecified atom stereocenters. The Morgan fingerprint density at radius 2 is 2.31 bits per heavy atom. The minimum atomic E-state index is 0.655. The van der Waals surface area contributed by atoms with Crippen LogP contribution in [0.5, 0.6) is 0 Å². The van der Waals surface area contributed by atoms with Crippen molar-refractivity contribution in [3.8, 4) is 0 Å². The number of hydrogen-bond donors (Lipinski definition) is 0. The Labute approximate surface area is 80.7 Å². The molecular weight excluding hydrogens is 188 g/mol. The molecular formula is C8H9ClN4. The molecule has 0 bridgehead atoms. The highest BCUT2D eigenvalue weighted by molar-refractivity contribution is 6.30. The summed E-state index contributed by atoms with van der Waals surface area (Å²) in [6, 6.07) is 1.95. The average Bonchev–Trinajstić information content (AvgIpc) is 2.64. The molecule has 2 aromatic heterocycles. The zero-order chi connectivity index (χ0) is 9.26. The minimum Gasteiger partial charge on any atom is -0.271 e. The summed E-state index contributed by atoms with van der Waals surface area (Å²) in [6.07, 6.45) is 5.17. The second-order valence-corrected chi connectivity index (χ2v) is 3.24. The largest absolute Gasteiger partial charge is 0.271 e. The molecule has 0 N–H and O–H groups in total. The van der Waals surface area contributed by atoms with Crippen LogP contribution < -0.4 is 0 Å². The molecule has 2 aromatic rings. The third-order valence-electron chi connectivity index (χ3n) is 1.85. The lowest BCUT2D eigenvalue weighted by molar-refractivity contribution is 0.620. The Morgan fingerprint density at radius 3 is 2.85 bits per heavy atom. The summed E-state index contributed by atoms with van der Waals surface area (Å²) in [6.45, 7) is 0.698. The average molecular weight is 197 g/mol. The molecule has 68 valence electrons. The Morgan fingerprint density at radius 1 is 1.46 bits per heavy atom. The van der Waals surface area contributed by atoms with Crippen molar-refractivity contribution in [3.05, 3.63) is 35.4 Å². The first-order valence-corrected chi connectivity index (χ1v) is 4.28. The van der Waals surface area contributed by atoms with Gasteiger partial charge < -0.3 is 0 Å². The van der Waals surface area contributed by atoms with Crippen LogP contribution in [0.2, 0.25) is 5.02 Å². The molecule has 0 atom stereocenters. The van der Waals surface area contributed by atoms with Crippen LogP contribution in [0.15, 0.2) is 24.7 Å². The maximum atomic E-state index is 5.73. The Balaban J connectivity index is 2.19. The molecule has 0 aliphatic heterocycles. The standard InChI is InChI=1S/C8H9ClN4/c1-12-8(2-3-10-12)6-13-5-7(9)4-11-13/h2-5H,6H2,1H3. The van der Waals surface area contributed by atoms with E-state index < -0.39 is 0 Å². The van der Waals surface area contributed by atoms with E-state index in [0.29, 0.717) is 11.6 Å². The summed E-state index contributed by atoms with van der Waals surface area (Å²) in [5.41, 5.74) is 1.10. The van der Waals surface area contributed by atoms with Crippen LogP contribution in [0, 0.1) is 0 Å². The normalized spacial score (nSPS) is 10.6. The molecule has 5 heteroatoms. The number of rotatable bonds is 2. The summed E-state index contributed by atoms with van der Waals surface area (Å²) >= 11 is 5.73. The molecule has 0 fully saturated rings. The van der Waals surface area contributed by atoms with Crippen LogP contribution in [0.3, 0.4) is 0 Å². The van der Waals surface area contributed by atoms with Crippen molar-refractivity contribution in [3.63, 3.8) is 0 Å².